The van der Waals surface area contributed by atoms with Crippen LogP contribution < -0.4 is 5.73 Å². The first-order chi connectivity index (χ1) is 19.7. The normalized spacial score (nSPS) is 24.7. The number of alkyl halides is 3. The van der Waals surface area contributed by atoms with Gasteiger partial charge < -0.3 is 15.4 Å². The Hall–Kier alpha value is -3.52. The highest BCUT2D eigenvalue weighted by molar-refractivity contribution is 6.31. The van der Waals surface area contributed by atoms with Gasteiger partial charge in [-0.3, -0.25) is 9.67 Å². The summed E-state index contributed by atoms with van der Waals surface area (Å²) in [6, 6.07) is 5.42. The Bertz CT molecular complexity index is 1480. The zero-order chi connectivity index (χ0) is 30.4. The van der Waals surface area contributed by atoms with E-state index in [1.165, 1.54) is 16.9 Å². The number of benzene rings is 1. The number of allylic oxidation sites excluding steroid dienone is 2. The van der Waals surface area contributed by atoms with E-state index in [-0.39, 0.29) is 40.5 Å². The third-order valence-corrected chi connectivity index (χ3v) is 8.78. The molecule has 42 heavy (non-hydrogen) atoms. The van der Waals surface area contributed by atoms with E-state index >= 15 is 0 Å². The predicted molar refractivity (Wildman–Crippen MR) is 152 cm³/mol. The number of nitrogens with two attached hydrogens (primary N) is 1. The summed E-state index contributed by atoms with van der Waals surface area (Å²) in [6.07, 6.45) is 1.86. The largest absolute Gasteiger partial charge is 0.444 e. The second-order valence-corrected chi connectivity index (χ2v) is 13.0. The molecule has 2 aliphatic heterocycles. The molecule has 1 atom stereocenters. The number of carbonyl (C=O) groups excluding carboxylic acids is 1. The fourth-order valence-corrected chi connectivity index (χ4v) is 6.60. The smallest absolute Gasteiger partial charge is 0.416 e. The van der Waals surface area contributed by atoms with Gasteiger partial charge in [0.25, 0.3) is 0 Å². The monoisotopic (exact) mass is 602 g/mol. The van der Waals surface area contributed by atoms with E-state index in [0.717, 1.165) is 31.4 Å². The number of aliphatic imine (C=N–C) groups is 1. The molecule has 2 aromatic rings. The molecule has 3 aliphatic rings. The average molecular weight is 603 g/mol. The van der Waals surface area contributed by atoms with Crippen LogP contribution >= 0.6 is 11.6 Å². The van der Waals surface area contributed by atoms with Crippen molar-refractivity contribution in [1.82, 2.24) is 14.7 Å². The van der Waals surface area contributed by atoms with Crippen molar-refractivity contribution < 1.29 is 22.7 Å². The molecule has 1 spiro atoms. The highest BCUT2D eigenvalue weighted by Crippen LogP contribution is 2.56. The first kappa shape index (κ1) is 30.0. The minimum absolute atomic E-state index is 0.0129. The van der Waals surface area contributed by atoms with E-state index in [2.05, 4.69) is 16.2 Å². The number of hydrogen-bond donors (Lipinski definition) is 1. The van der Waals surface area contributed by atoms with Gasteiger partial charge in [0.2, 0.25) is 0 Å². The van der Waals surface area contributed by atoms with E-state index in [9.17, 15) is 23.2 Å². The Morgan fingerprint density at radius 3 is 2.69 bits per heavy atom. The van der Waals surface area contributed by atoms with Crippen LogP contribution in [0.5, 0.6) is 0 Å². The summed E-state index contributed by atoms with van der Waals surface area (Å²) >= 11 is 6.17. The van der Waals surface area contributed by atoms with Gasteiger partial charge in [-0.25, -0.2) is 4.79 Å². The van der Waals surface area contributed by atoms with Crippen LogP contribution in [0.3, 0.4) is 0 Å². The first-order valence-corrected chi connectivity index (χ1v) is 14.4. The van der Waals surface area contributed by atoms with Crippen LogP contribution in [0.2, 0.25) is 5.02 Å². The summed E-state index contributed by atoms with van der Waals surface area (Å²) < 4.78 is 46.6. The van der Waals surface area contributed by atoms with Crippen LogP contribution in [0.4, 0.5) is 18.0 Å². The molecule has 1 unspecified atom stereocenters. The van der Waals surface area contributed by atoms with Crippen LogP contribution in [0.25, 0.3) is 0 Å². The SMILES string of the molecule is CC(C)(C)OC(=O)N1CCC2(CC(C3CCN=C(c4cnn(Cc5cc(C(F)(F)F)ccc5Cl)c4)C(C#N)=C3N)C2)C1. The van der Waals surface area contributed by atoms with Crippen molar-refractivity contribution >= 4 is 23.4 Å². The fraction of sp³-hybridized carbons (Fsp3) is 0.533. The minimum atomic E-state index is -4.49. The number of likely N-dealkylation sites (tertiary alicyclic amines) is 1. The third kappa shape index (κ3) is 6.14. The van der Waals surface area contributed by atoms with Crippen molar-refractivity contribution in [2.24, 2.45) is 28.0 Å². The lowest BCUT2D eigenvalue weighted by molar-refractivity contribution is -0.137. The number of carbonyl (C=O) groups is 1. The van der Waals surface area contributed by atoms with E-state index in [0.29, 0.717) is 48.6 Å². The Morgan fingerprint density at radius 1 is 1.29 bits per heavy atom. The number of rotatable bonds is 4. The van der Waals surface area contributed by atoms with Crippen LogP contribution in [0.15, 0.2) is 46.9 Å². The molecule has 0 bridgehead atoms. The lowest BCUT2D eigenvalue weighted by Gasteiger charge is -2.48. The molecule has 8 nitrogen and oxygen atoms in total. The first-order valence-electron chi connectivity index (χ1n) is 14.0. The molecule has 3 heterocycles. The number of nitrogens with zero attached hydrogens (tertiary/aromatic N) is 5. The van der Waals surface area contributed by atoms with E-state index in [1.54, 1.807) is 11.1 Å². The van der Waals surface area contributed by atoms with Gasteiger partial charge in [-0.05, 0) is 81.5 Å². The summed E-state index contributed by atoms with van der Waals surface area (Å²) in [5.74, 6) is 0.272. The molecular formula is C30H34ClF3N6O2. The second kappa shape index (κ2) is 11.0. The molecule has 1 amide bonds. The summed E-state index contributed by atoms with van der Waals surface area (Å²) in [5.41, 5.74) is 7.45. The molecule has 0 radical (unpaired) electrons. The van der Waals surface area contributed by atoms with Gasteiger partial charge in [0, 0.05) is 48.0 Å². The van der Waals surface area contributed by atoms with Gasteiger partial charge in [-0.1, -0.05) is 11.6 Å². The summed E-state index contributed by atoms with van der Waals surface area (Å²) in [7, 11) is 0. The number of nitriles is 1. The lowest BCUT2D eigenvalue weighted by Crippen LogP contribution is -2.45. The molecule has 2 fully saturated rings. The van der Waals surface area contributed by atoms with Crippen molar-refractivity contribution in [3.8, 4) is 6.07 Å². The number of aromatic nitrogens is 2. The molecule has 5 rings (SSSR count). The maximum atomic E-state index is 13.2. The van der Waals surface area contributed by atoms with Gasteiger partial charge in [-0.2, -0.15) is 23.5 Å². The Balaban J connectivity index is 1.28. The maximum Gasteiger partial charge on any atom is 0.416 e. The predicted octanol–water partition coefficient (Wildman–Crippen LogP) is 6.19. The minimum Gasteiger partial charge on any atom is -0.444 e. The van der Waals surface area contributed by atoms with Gasteiger partial charge >= 0.3 is 12.3 Å². The van der Waals surface area contributed by atoms with Gasteiger partial charge in [0.05, 0.1) is 29.6 Å². The average Bonchev–Trinajstić information content (AvgIpc) is 3.49. The molecule has 1 aliphatic carbocycles. The van der Waals surface area contributed by atoms with Crippen molar-refractivity contribution in [3.05, 3.63) is 63.6 Å². The van der Waals surface area contributed by atoms with Crippen LogP contribution in [0.1, 0.15) is 63.1 Å². The number of ether oxygens (including phenoxy) is 1. The Kier molecular flexibility index (Phi) is 7.81. The number of amides is 1. The molecule has 1 saturated carbocycles. The highest BCUT2D eigenvalue weighted by atomic mass is 35.5. The second-order valence-electron chi connectivity index (χ2n) is 12.6. The van der Waals surface area contributed by atoms with Gasteiger partial charge in [0.15, 0.2) is 0 Å². The van der Waals surface area contributed by atoms with Crippen molar-refractivity contribution in [2.45, 2.75) is 64.8 Å². The molecule has 1 aromatic heterocycles. The summed E-state index contributed by atoms with van der Waals surface area (Å²) in [6.45, 7) is 7.40. The molecule has 12 heteroatoms. The van der Waals surface area contributed by atoms with Crippen LogP contribution in [-0.4, -0.2) is 51.7 Å². The molecule has 1 aromatic carbocycles. The lowest BCUT2D eigenvalue weighted by atomic mass is 9.56. The standard InChI is InChI=1S/C30H34ClF3N6O2/c1-28(2,3)42-27(41)39-9-7-29(17-39)11-19(12-29)22-6-8-37-26(23(13-35)25(22)36)20-14-38-40(16-20)15-18-10-21(30(32,33)34)4-5-24(18)31/h4-5,10,14,16,19,22H,6-9,11-12,15,17,36H2,1-3H3. The highest BCUT2D eigenvalue weighted by Gasteiger charge is 2.52. The zero-order valence-corrected chi connectivity index (χ0v) is 24.6. The van der Waals surface area contributed by atoms with E-state index in [1.807, 2.05) is 20.8 Å². The fourth-order valence-electron chi connectivity index (χ4n) is 6.42. The Labute approximate surface area is 248 Å². The quantitative estimate of drug-likeness (QED) is 0.449. The van der Waals surface area contributed by atoms with Gasteiger partial charge in [-0.15, -0.1) is 0 Å². The molecular weight excluding hydrogens is 569 g/mol. The van der Waals surface area contributed by atoms with E-state index < -0.39 is 17.3 Å². The van der Waals surface area contributed by atoms with Crippen molar-refractivity contribution in [2.75, 3.05) is 19.6 Å². The van der Waals surface area contributed by atoms with Crippen LogP contribution in [0, 0.1) is 28.6 Å². The van der Waals surface area contributed by atoms with Crippen molar-refractivity contribution in [3.63, 3.8) is 0 Å². The third-order valence-electron chi connectivity index (χ3n) is 8.41. The summed E-state index contributed by atoms with van der Waals surface area (Å²) in [5, 5.41) is 14.6. The topological polar surface area (TPSA) is 110 Å². The van der Waals surface area contributed by atoms with Crippen LogP contribution in [-0.2, 0) is 17.5 Å². The zero-order valence-electron chi connectivity index (χ0n) is 23.8. The molecule has 2 N–H and O–H groups in total. The van der Waals surface area contributed by atoms with Crippen molar-refractivity contribution in [1.29, 1.82) is 5.26 Å². The van der Waals surface area contributed by atoms with Gasteiger partial charge in [0.1, 0.15) is 11.7 Å². The summed E-state index contributed by atoms with van der Waals surface area (Å²) in [4.78, 5) is 19.0. The molecule has 1 saturated heterocycles. The molecule has 224 valence electrons. The maximum absolute atomic E-state index is 13.2. The number of hydrogen-bond acceptors (Lipinski definition) is 6. The van der Waals surface area contributed by atoms with E-state index in [4.69, 9.17) is 22.1 Å². The Morgan fingerprint density at radius 2 is 2.02 bits per heavy atom. The number of halogens is 4.